The lowest BCUT2D eigenvalue weighted by Crippen LogP contribution is -2.43. The number of esters is 1. The van der Waals surface area contributed by atoms with E-state index in [1.165, 1.54) is 24.3 Å². The Kier molecular flexibility index (Phi) is 7.62. The molecule has 0 aromatic heterocycles. The van der Waals surface area contributed by atoms with Gasteiger partial charge in [-0.25, -0.2) is 8.42 Å². The zero-order chi connectivity index (χ0) is 25.2. The smallest absolute Gasteiger partial charge is 0.324 e. The number of rotatable bonds is 7. The highest BCUT2D eigenvalue weighted by atomic mass is 32.2. The van der Waals surface area contributed by atoms with Crippen molar-refractivity contribution in [2.24, 2.45) is 0 Å². The molecule has 0 aliphatic carbocycles. The Morgan fingerprint density at radius 2 is 1.51 bits per heavy atom. The predicted molar refractivity (Wildman–Crippen MR) is 127 cm³/mol. The zero-order valence-corrected chi connectivity index (χ0v) is 21.3. The molecule has 2 aliphatic rings. The number of hydrogen-bond acceptors (Lipinski definition) is 8. The van der Waals surface area contributed by atoms with Crippen LogP contribution in [0.1, 0.15) is 30.4 Å². The summed E-state index contributed by atoms with van der Waals surface area (Å²) >= 11 is 0. The number of carbonyl (C=O) groups excluding carboxylic acids is 1. The molecule has 35 heavy (non-hydrogen) atoms. The van der Waals surface area contributed by atoms with Crippen LogP contribution in [0.5, 0.6) is 0 Å². The predicted octanol–water partition coefficient (Wildman–Crippen LogP) is 2.56. The van der Waals surface area contributed by atoms with E-state index in [2.05, 4.69) is 0 Å². The van der Waals surface area contributed by atoms with Crippen molar-refractivity contribution in [2.75, 3.05) is 19.8 Å². The first-order valence-electron chi connectivity index (χ1n) is 11.4. The van der Waals surface area contributed by atoms with Gasteiger partial charge in [0.15, 0.2) is 0 Å². The van der Waals surface area contributed by atoms with E-state index in [0.717, 1.165) is 21.9 Å². The van der Waals surface area contributed by atoms with Gasteiger partial charge in [0.1, 0.15) is 12.1 Å². The highest BCUT2D eigenvalue weighted by Gasteiger charge is 2.47. The van der Waals surface area contributed by atoms with Crippen molar-refractivity contribution in [3.63, 3.8) is 0 Å². The molecule has 3 atom stereocenters. The van der Waals surface area contributed by atoms with Crippen LogP contribution in [0.3, 0.4) is 0 Å². The number of carbonyl (C=O) groups is 1. The van der Waals surface area contributed by atoms with Crippen molar-refractivity contribution in [1.29, 1.82) is 0 Å². The van der Waals surface area contributed by atoms with E-state index >= 15 is 0 Å². The van der Waals surface area contributed by atoms with E-state index in [9.17, 15) is 21.6 Å². The lowest BCUT2D eigenvalue weighted by atomic mass is 10.1. The standard InChI is InChI=1S/C24H29NO8S2/c1-17-5-9-21(10-6-17)34(27,28)25-15-20(33-35(29,30)22-11-7-18(2)8-12-22)14-23(25)24(26)32-19-4-3-13-31-16-19/h5-12,19-20,23H,3-4,13-16H2,1-2H3/t19?,20?,23-/m0/s1. The highest BCUT2D eigenvalue weighted by Crippen LogP contribution is 2.31. The number of nitrogens with zero attached hydrogens (tertiary/aromatic N) is 1. The first-order chi connectivity index (χ1) is 16.6. The Labute approximate surface area is 206 Å². The molecule has 11 heteroatoms. The third-order valence-corrected chi connectivity index (χ3v) is 9.35. The molecule has 2 aliphatic heterocycles. The van der Waals surface area contributed by atoms with E-state index in [1.54, 1.807) is 24.3 Å². The molecule has 0 saturated carbocycles. The molecular weight excluding hydrogens is 494 g/mol. The second kappa shape index (κ2) is 10.4. The molecule has 4 rings (SSSR count). The summed E-state index contributed by atoms with van der Waals surface area (Å²) < 4.78 is 69.9. The number of aryl methyl sites for hydroxylation is 2. The molecule has 2 aromatic rings. The fraction of sp³-hybridized carbons (Fsp3) is 0.458. The van der Waals surface area contributed by atoms with Gasteiger partial charge in [-0.05, 0) is 51.0 Å². The molecular formula is C24H29NO8S2. The summed E-state index contributed by atoms with van der Waals surface area (Å²) in [5.41, 5.74) is 1.76. The molecule has 2 heterocycles. The van der Waals surface area contributed by atoms with Crippen LogP contribution in [-0.4, -0.2) is 65.1 Å². The highest BCUT2D eigenvalue weighted by molar-refractivity contribution is 7.89. The third kappa shape index (κ3) is 5.92. The van der Waals surface area contributed by atoms with Gasteiger partial charge in [-0.2, -0.15) is 12.7 Å². The van der Waals surface area contributed by atoms with E-state index in [-0.39, 0.29) is 29.4 Å². The number of sulfonamides is 1. The van der Waals surface area contributed by atoms with E-state index in [1.807, 2.05) is 13.8 Å². The van der Waals surface area contributed by atoms with Crippen molar-refractivity contribution in [3.05, 3.63) is 59.7 Å². The van der Waals surface area contributed by atoms with E-state index in [4.69, 9.17) is 13.7 Å². The van der Waals surface area contributed by atoms with Crippen molar-refractivity contribution in [3.8, 4) is 0 Å². The lowest BCUT2D eigenvalue weighted by Gasteiger charge is -2.26. The molecule has 0 amide bonds. The van der Waals surface area contributed by atoms with Gasteiger partial charge in [0.05, 0.1) is 22.5 Å². The normalized spacial score (nSPS) is 23.8. The topological polar surface area (TPSA) is 116 Å². The molecule has 0 bridgehead atoms. The Hall–Kier alpha value is -2.31. The molecule has 2 fully saturated rings. The Balaban J connectivity index is 1.59. The molecule has 190 valence electrons. The SMILES string of the molecule is Cc1ccc(S(=O)(=O)OC2C[C@@H](C(=O)OC3CCCOC3)N(S(=O)(=O)c3ccc(C)cc3)C2)cc1. The van der Waals surface area contributed by atoms with Crippen LogP contribution in [0.4, 0.5) is 0 Å². The molecule has 2 aromatic carbocycles. The minimum absolute atomic E-state index is 0.00365. The van der Waals surface area contributed by atoms with Crippen molar-refractivity contribution in [1.82, 2.24) is 4.31 Å². The van der Waals surface area contributed by atoms with Crippen molar-refractivity contribution in [2.45, 2.75) is 61.2 Å². The van der Waals surface area contributed by atoms with Gasteiger partial charge < -0.3 is 9.47 Å². The van der Waals surface area contributed by atoms with Crippen molar-refractivity contribution >= 4 is 26.1 Å². The molecule has 0 N–H and O–H groups in total. The summed E-state index contributed by atoms with van der Waals surface area (Å²) in [6, 6.07) is 11.2. The van der Waals surface area contributed by atoms with E-state index < -0.39 is 44.4 Å². The second-order valence-electron chi connectivity index (χ2n) is 8.90. The maximum Gasteiger partial charge on any atom is 0.324 e. The molecule has 0 spiro atoms. The number of ether oxygens (including phenoxy) is 2. The van der Waals surface area contributed by atoms with Crippen LogP contribution < -0.4 is 0 Å². The maximum absolute atomic E-state index is 13.5. The first kappa shape index (κ1) is 25.8. The van der Waals surface area contributed by atoms with Gasteiger partial charge in [-0.15, -0.1) is 0 Å². The maximum atomic E-state index is 13.5. The van der Waals surface area contributed by atoms with Crippen molar-refractivity contribution < 1.29 is 35.3 Å². The summed E-state index contributed by atoms with van der Waals surface area (Å²) in [6.07, 6.45) is -0.333. The molecule has 2 saturated heterocycles. The summed E-state index contributed by atoms with van der Waals surface area (Å²) in [5, 5.41) is 0. The van der Waals surface area contributed by atoms with Crippen LogP contribution in [0, 0.1) is 13.8 Å². The summed E-state index contributed by atoms with van der Waals surface area (Å²) in [7, 11) is -8.29. The summed E-state index contributed by atoms with van der Waals surface area (Å²) in [6.45, 7) is 4.18. The van der Waals surface area contributed by atoms with Gasteiger partial charge >= 0.3 is 5.97 Å². The minimum Gasteiger partial charge on any atom is -0.459 e. The quantitative estimate of drug-likeness (QED) is 0.402. The van der Waals surface area contributed by atoms with Gasteiger partial charge in [0, 0.05) is 19.6 Å². The summed E-state index contributed by atoms with van der Waals surface area (Å²) in [5.74, 6) is -0.741. The average molecular weight is 524 g/mol. The summed E-state index contributed by atoms with van der Waals surface area (Å²) in [4.78, 5) is 13.0. The first-order valence-corrected chi connectivity index (χ1v) is 14.3. The minimum atomic E-state index is -4.17. The Morgan fingerprint density at radius 3 is 2.09 bits per heavy atom. The van der Waals surface area contributed by atoms with Crippen LogP contribution in [0.2, 0.25) is 0 Å². The molecule has 0 radical (unpaired) electrons. The second-order valence-corrected chi connectivity index (χ2v) is 12.4. The Morgan fingerprint density at radius 1 is 0.914 bits per heavy atom. The third-order valence-electron chi connectivity index (χ3n) is 6.09. The van der Waals surface area contributed by atoms with Crippen LogP contribution in [0.25, 0.3) is 0 Å². The van der Waals surface area contributed by atoms with Gasteiger partial charge in [-0.1, -0.05) is 35.4 Å². The van der Waals surface area contributed by atoms with Gasteiger partial charge in [0.25, 0.3) is 10.1 Å². The van der Waals surface area contributed by atoms with Gasteiger partial charge in [-0.3, -0.25) is 8.98 Å². The van der Waals surface area contributed by atoms with Crippen LogP contribution in [-0.2, 0) is 38.6 Å². The lowest BCUT2D eigenvalue weighted by molar-refractivity contribution is -0.159. The van der Waals surface area contributed by atoms with Crippen LogP contribution >= 0.6 is 0 Å². The zero-order valence-electron chi connectivity index (χ0n) is 19.6. The van der Waals surface area contributed by atoms with Gasteiger partial charge in [0.2, 0.25) is 10.0 Å². The number of benzene rings is 2. The molecule has 2 unspecified atom stereocenters. The number of hydrogen-bond donors (Lipinski definition) is 0. The van der Waals surface area contributed by atoms with E-state index in [0.29, 0.717) is 13.0 Å². The Bertz CT molecular complexity index is 1250. The average Bonchev–Trinajstić information content (AvgIpc) is 3.24. The fourth-order valence-corrected chi connectivity index (χ4v) is 6.85. The monoisotopic (exact) mass is 523 g/mol. The fourth-order valence-electron chi connectivity index (χ4n) is 4.15. The molecule has 9 nitrogen and oxygen atoms in total. The van der Waals surface area contributed by atoms with Crippen LogP contribution in [0.15, 0.2) is 58.3 Å². The largest absolute Gasteiger partial charge is 0.459 e.